The van der Waals surface area contributed by atoms with Crippen LogP contribution < -0.4 is 10.6 Å². The minimum atomic E-state index is -0.434. The van der Waals surface area contributed by atoms with Crippen LogP contribution >= 0.6 is 0 Å². The second kappa shape index (κ2) is 13.9. The second-order valence-corrected chi connectivity index (χ2v) is 10.2. The highest BCUT2D eigenvalue weighted by molar-refractivity contribution is 5.96. The number of H-pyrrole nitrogens is 1. The predicted molar refractivity (Wildman–Crippen MR) is 165 cm³/mol. The van der Waals surface area contributed by atoms with Crippen LogP contribution in [0.5, 0.6) is 0 Å². The van der Waals surface area contributed by atoms with Crippen LogP contribution in [0.4, 0.5) is 0 Å². The predicted octanol–water partition coefficient (Wildman–Crippen LogP) is 5.74. The molecule has 3 N–H and O–H groups in total. The summed E-state index contributed by atoms with van der Waals surface area (Å²) in [5, 5.41) is 7.39. The molecule has 1 spiro atoms. The summed E-state index contributed by atoms with van der Waals surface area (Å²) in [5.41, 5.74) is 5.08. The summed E-state index contributed by atoms with van der Waals surface area (Å²) in [5.74, 6) is 0.315. The number of aromatic amines is 1. The molecule has 2 fully saturated rings. The van der Waals surface area contributed by atoms with E-state index in [1.165, 1.54) is 11.1 Å². The third kappa shape index (κ3) is 6.69. The molecule has 4 heterocycles. The first kappa shape index (κ1) is 30.5. The van der Waals surface area contributed by atoms with Crippen molar-refractivity contribution in [3.63, 3.8) is 0 Å². The number of aldehydes is 1. The number of amides is 1. The molecule has 1 aromatic carbocycles. The number of hydrogen-bond donors (Lipinski definition) is 3. The van der Waals surface area contributed by atoms with Crippen molar-refractivity contribution in [3.05, 3.63) is 96.6 Å². The van der Waals surface area contributed by atoms with Gasteiger partial charge in [0, 0.05) is 52.2 Å². The Kier molecular flexibility index (Phi) is 10.1. The Hall–Kier alpha value is -4.50. The van der Waals surface area contributed by atoms with E-state index in [4.69, 9.17) is 4.42 Å². The van der Waals surface area contributed by atoms with Crippen molar-refractivity contribution >= 4 is 23.1 Å². The average Bonchev–Trinajstić information content (AvgIpc) is 3.34. The van der Waals surface area contributed by atoms with Crippen molar-refractivity contribution in [2.45, 2.75) is 59.2 Å². The molecular weight excluding hydrogens is 528 g/mol. The fourth-order valence-corrected chi connectivity index (χ4v) is 5.13. The fourth-order valence-electron chi connectivity index (χ4n) is 5.13. The normalized spacial score (nSPS) is 16.9. The molecule has 1 aliphatic carbocycles. The third-order valence-corrected chi connectivity index (χ3v) is 7.46. The SMILES string of the molecule is C=C1N(C(=O)/C(=C\C)NCc2coc(-c3ccccc3)n2)C(C=O)CC12CC2.CC.CNCc1cc2cnccc2[nH]1. The van der Waals surface area contributed by atoms with Gasteiger partial charge >= 0.3 is 0 Å². The van der Waals surface area contributed by atoms with Crippen molar-refractivity contribution in [1.29, 1.82) is 0 Å². The molecule has 1 saturated carbocycles. The molecule has 0 radical (unpaired) electrons. The molecule has 2 aliphatic rings. The number of nitrogens with zero attached hydrogens (tertiary/aromatic N) is 3. The minimum absolute atomic E-state index is 0.0449. The fraction of sp³-hybridized carbons (Fsp3) is 0.333. The average molecular weight is 569 g/mol. The lowest BCUT2D eigenvalue weighted by Gasteiger charge is -2.24. The molecule has 42 heavy (non-hydrogen) atoms. The zero-order valence-electron chi connectivity index (χ0n) is 24.8. The van der Waals surface area contributed by atoms with Crippen LogP contribution in [0.2, 0.25) is 0 Å². The van der Waals surface area contributed by atoms with E-state index in [1.54, 1.807) is 30.4 Å². The maximum atomic E-state index is 13.1. The van der Waals surface area contributed by atoms with E-state index in [1.807, 2.05) is 63.5 Å². The first-order valence-electron chi connectivity index (χ1n) is 14.4. The van der Waals surface area contributed by atoms with Gasteiger partial charge in [-0.15, -0.1) is 0 Å². The van der Waals surface area contributed by atoms with Gasteiger partial charge in [0.15, 0.2) is 0 Å². The van der Waals surface area contributed by atoms with Gasteiger partial charge in [-0.05, 0) is 57.5 Å². The van der Waals surface area contributed by atoms with E-state index >= 15 is 0 Å². The van der Waals surface area contributed by atoms with Crippen LogP contribution in [0.1, 0.15) is 51.4 Å². The number of allylic oxidation sites excluding steroid dienone is 2. The zero-order chi connectivity index (χ0) is 30.1. The van der Waals surface area contributed by atoms with Crippen molar-refractivity contribution in [1.82, 2.24) is 30.5 Å². The van der Waals surface area contributed by atoms with Crippen LogP contribution in [0.25, 0.3) is 22.4 Å². The van der Waals surface area contributed by atoms with Gasteiger partial charge in [-0.25, -0.2) is 4.98 Å². The van der Waals surface area contributed by atoms with Crippen molar-refractivity contribution in [3.8, 4) is 11.5 Å². The summed E-state index contributed by atoms with van der Waals surface area (Å²) < 4.78 is 5.54. The van der Waals surface area contributed by atoms with Crippen LogP contribution in [-0.2, 0) is 22.7 Å². The lowest BCUT2D eigenvalue weighted by Crippen LogP contribution is -2.39. The number of rotatable bonds is 8. The Morgan fingerprint density at radius 2 is 1.98 bits per heavy atom. The van der Waals surface area contributed by atoms with E-state index in [0.717, 1.165) is 42.4 Å². The molecule has 1 unspecified atom stereocenters. The molecule has 1 atom stereocenters. The first-order chi connectivity index (χ1) is 20.5. The summed E-state index contributed by atoms with van der Waals surface area (Å²) >= 11 is 0. The number of hydrogen-bond acceptors (Lipinski definition) is 7. The van der Waals surface area contributed by atoms with Gasteiger partial charge in [-0.2, -0.15) is 0 Å². The van der Waals surface area contributed by atoms with Gasteiger partial charge in [0.25, 0.3) is 5.91 Å². The lowest BCUT2D eigenvalue weighted by molar-refractivity contribution is -0.129. The second-order valence-electron chi connectivity index (χ2n) is 10.2. The molecule has 1 saturated heterocycles. The van der Waals surface area contributed by atoms with Crippen LogP contribution in [0.3, 0.4) is 0 Å². The molecule has 1 aliphatic heterocycles. The Labute approximate surface area is 247 Å². The highest BCUT2D eigenvalue weighted by atomic mass is 16.3. The minimum Gasteiger partial charge on any atom is -0.444 e. The maximum Gasteiger partial charge on any atom is 0.274 e. The van der Waals surface area contributed by atoms with E-state index in [-0.39, 0.29) is 11.3 Å². The number of pyridine rings is 1. The molecular formula is C33H40N6O3. The summed E-state index contributed by atoms with van der Waals surface area (Å²) in [6, 6.07) is 13.3. The number of likely N-dealkylation sites (tertiary alicyclic amines) is 1. The Balaban J connectivity index is 0.000000241. The summed E-state index contributed by atoms with van der Waals surface area (Å²) in [6.07, 6.45) is 10.5. The Bertz CT molecular complexity index is 1500. The number of nitrogens with one attached hydrogen (secondary N) is 3. The summed E-state index contributed by atoms with van der Waals surface area (Å²) in [4.78, 5) is 37.9. The number of fused-ring (bicyclic) bond motifs is 1. The molecule has 9 heteroatoms. The van der Waals surface area contributed by atoms with Crippen molar-refractivity contribution in [2.24, 2.45) is 5.41 Å². The maximum absolute atomic E-state index is 13.1. The number of aromatic nitrogens is 3. The third-order valence-electron chi connectivity index (χ3n) is 7.46. The van der Waals surface area contributed by atoms with E-state index in [2.05, 4.69) is 38.2 Å². The van der Waals surface area contributed by atoms with Gasteiger partial charge in [-0.1, -0.05) is 44.7 Å². The number of carbonyl (C=O) groups excluding carboxylic acids is 2. The quantitative estimate of drug-likeness (QED) is 0.183. The van der Waals surface area contributed by atoms with Crippen LogP contribution in [0.15, 0.2) is 89.6 Å². The largest absolute Gasteiger partial charge is 0.444 e. The van der Waals surface area contributed by atoms with Crippen LogP contribution in [0, 0.1) is 5.41 Å². The van der Waals surface area contributed by atoms with Crippen molar-refractivity contribution < 1.29 is 14.0 Å². The van der Waals surface area contributed by atoms with Crippen molar-refractivity contribution in [2.75, 3.05) is 7.05 Å². The number of oxazole rings is 1. The number of benzene rings is 1. The van der Waals surface area contributed by atoms with Gasteiger partial charge in [0.05, 0.1) is 24.0 Å². The highest BCUT2D eigenvalue weighted by Crippen LogP contribution is 2.60. The Morgan fingerprint density at radius 3 is 2.62 bits per heavy atom. The molecule has 9 nitrogen and oxygen atoms in total. The molecule has 220 valence electrons. The highest BCUT2D eigenvalue weighted by Gasteiger charge is 2.56. The monoisotopic (exact) mass is 568 g/mol. The summed E-state index contributed by atoms with van der Waals surface area (Å²) in [6.45, 7) is 11.1. The van der Waals surface area contributed by atoms with Crippen LogP contribution in [-0.4, -0.2) is 45.1 Å². The zero-order valence-corrected chi connectivity index (χ0v) is 24.8. The first-order valence-corrected chi connectivity index (χ1v) is 14.4. The standard InChI is InChI=1S/C22H23N3O3.C9H11N3.C2H6/c1-3-19(21(27)25-15(2)22(9-10-22)11-18(25)13-26)23-12-17-14-28-20(24-17)16-7-5-4-6-8-16;1-10-6-8-4-7-5-11-3-2-9(7)12-8;1-2/h3-8,13-14,18,23H,2,9-12H2,1H3;2-5,10,12H,6H2,1H3;1-2H3/b19-3+;;. The topological polar surface area (TPSA) is 116 Å². The molecule has 0 bridgehead atoms. The smallest absolute Gasteiger partial charge is 0.274 e. The van der Waals surface area contributed by atoms with Gasteiger partial charge in [0.1, 0.15) is 12.5 Å². The molecule has 1 amide bonds. The summed E-state index contributed by atoms with van der Waals surface area (Å²) in [7, 11) is 1.93. The van der Waals surface area contributed by atoms with Gasteiger partial charge < -0.3 is 29.7 Å². The molecule has 4 aromatic rings. The Morgan fingerprint density at radius 1 is 1.21 bits per heavy atom. The van der Waals surface area contributed by atoms with E-state index < -0.39 is 6.04 Å². The van der Waals surface area contributed by atoms with Gasteiger partial charge in [-0.3, -0.25) is 9.78 Å². The molecule has 6 rings (SSSR count). The molecule has 3 aromatic heterocycles. The van der Waals surface area contributed by atoms with E-state index in [9.17, 15) is 9.59 Å². The van der Waals surface area contributed by atoms with Gasteiger partial charge in [0.2, 0.25) is 5.89 Å². The number of carbonyl (C=O) groups is 2. The van der Waals surface area contributed by atoms with E-state index in [0.29, 0.717) is 30.2 Å². The lowest BCUT2D eigenvalue weighted by atomic mass is 10.0.